The van der Waals surface area contributed by atoms with Crippen molar-refractivity contribution >= 4 is 21.5 Å². The summed E-state index contributed by atoms with van der Waals surface area (Å²) in [4.78, 5) is 0. The Kier molecular flexibility index (Phi) is 31.6. The van der Waals surface area contributed by atoms with Crippen LogP contribution in [0.3, 0.4) is 0 Å². The van der Waals surface area contributed by atoms with Crippen LogP contribution in [0.2, 0.25) is 0 Å². The molecule has 0 fully saturated rings. The first-order chi connectivity index (χ1) is 25.6. The Morgan fingerprint density at radius 3 is 1.04 bits per heavy atom. The first kappa shape index (κ1) is 58.9. The predicted molar refractivity (Wildman–Crippen MR) is 247 cm³/mol. The average molecular weight is 883 g/mol. The summed E-state index contributed by atoms with van der Waals surface area (Å²) < 4.78 is 0. The van der Waals surface area contributed by atoms with Crippen molar-refractivity contribution in [3.05, 3.63) is 163 Å². The number of aryl methyl sites for hydroxylation is 2. The minimum atomic E-state index is 0. The van der Waals surface area contributed by atoms with Gasteiger partial charge in [0, 0.05) is 0 Å². The van der Waals surface area contributed by atoms with Crippen LogP contribution in [-0.4, -0.2) is 38.4 Å². The third-order valence-electron chi connectivity index (χ3n) is 8.56. The van der Waals surface area contributed by atoms with Crippen molar-refractivity contribution in [3.63, 3.8) is 0 Å². The van der Waals surface area contributed by atoms with Crippen LogP contribution in [0.15, 0.2) is 109 Å². The second-order valence-corrected chi connectivity index (χ2v) is 15.1. The number of rotatable bonds is 4. The molecule has 0 aliphatic carbocycles. The molecule has 1 radical (unpaired) electrons. The summed E-state index contributed by atoms with van der Waals surface area (Å²) in [5, 5.41) is 27.3. The van der Waals surface area contributed by atoms with Gasteiger partial charge in [-0.25, -0.2) is 13.2 Å². The minimum absolute atomic E-state index is 0. The van der Waals surface area contributed by atoms with Gasteiger partial charge in [-0.05, 0) is 45.9 Å². The Balaban J connectivity index is -0.000000770. The summed E-state index contributed by atoms with van der Waals surface area (Å²) >= 11 is 0. The zero-order chi connectivity index (χ0) is 40.9. The van der Waals surface area contributed by atoms with E-state index in [2.05, 4.69) is 175 Å². The molecule has 0 bridgehead atoms. The molecule has 6 aromatic carbocycles. The maximum Gasteiger partial charge on any atom is 4.00 e. The van der Waals surface area contributed by atoms with Gasteiger partial charge in [0.05, 0.1) is 0 Å². The number of hydrogen-bond donors (Lipinski definition) is 2. The van der Waals surface area contributed by atoms with Crippen LogP contribution < -0.4 is 0 Å². The van der Waals surface area contributed by atoms with E-state index in [1.54, 1.807) is 42.0 Å². The zero-order valence-corrected chi connectivity index (χ0v) is 41.8. The standard InChI is InChI=1S/2C21H23.2C2H6N.2C2H5O.CH3.Ti.Zr/c2*1-5-15-13-17-7-6-8-19(20(17)14-15)16-9-11-18(12-10-16)21(2,3)4;2*1-3-2;2*1-2-3;;;/h2*6-14H,5H2,1-4H3;2*1-2H3;2*2-3H,1H3;1H3;;/q7*-1;+4;+3. The van der Waals surface area contributed by atoms with Crippen molar-refractivity contribution in [2.75, 3.05) is 28.2 Å². The maximum absolute atomic E-state index is 7.44. The van der Waals surface area contributed by atoms with Crippen LogP contribution in [0.4, 0.5) is 0 Å². The van der Waals surface area contributed by atoms with Gasteiger partial charge >= 0.3 is 47.9 Å². The normalized spacial score (nSPS) is 10.1. The molecule has 0 aromatic heterocycles. The van der Waals surface area contributed by atoms with Crippen LogP contribution in [0, 0.1) is 20.6 Å². The largest absolute Gasteiger partial charge is 4.00 e. The molecule has 0 saturated heterocycles. The monoisotopic (exact) mass is 881 g/mol. The molecule has 0 spiro atoms. The topological polar surface area (TPSA) is 68.7 Å². The van der Waals surface area contributed by atoms with E-state index in [0.717, 1.165) is 26.1 Å². The van der Waals surface area contributed by atoms with Gasteiger partial charge in [0.15, 0.2) is 0 Å². The van der Waals surface area contributed by atoms with Crippen molar-refractivity contribution in [2.24, 2.45) is 0 Å². The van der Waals surface area contributed by atoms with Gasteiger partial charge < -0.3 is 28.3 Å². The van der Waals surface area contributed by atoms with Crippen molar-refractivity contribution < 1.29 is 58.1 Å². The summed E-state index contributed by atoms with van der Waals surface area (Å²) in [7, 11) is 7.00. The van der Waals surface area contributed by atoms with E-state index < -0.39 is 0 Å². The van der Waals surface area contributed by atoms with E-state index in [1.165, 1.54) is 66.1 Å². The summed E-state index contributed by atoms with van der Waals surface area (Å²) in [6.45, 7) is 23.1. The van der Waals surface area contributed by atoms with E-state index >= 15 is 0 Å². The Morgan fingerprint density at radius 1 is 0.544 bits per heavy atom. The summed E-state index contributed by atoms with van der Waals surface area (Å²) in [6, 6.07) is 40.6. The number of nitrogens with zero attached hydrogens (tertiary/aromatic N) is 2. The molecule has 0 saturated carbocycles. The second kappa shape index (κ2) is 30.6. The summed E-state index contributed by atoms with van der Waals surface area (Å²) in [6.07, 6.45) is 2.19. The summed E-state index contributed by atoms with van der Waals surface area (Å²) in [5.74, 6) is 0. The fourth-order valence-corrected chi connectivity index (χ4v) is 5.80. The van der Waals surface area contributed by atoms with Crippen LogP contribution in [0.1, 0.15) is 91.5 Å². The average Bonchev–Trinajstić information content (AvgIpc) is 3.77. The Labute approximate surface area is 383 Å². The fraction of sp³-hybridized carbons (Fsp3) is 0.353. The molecule has 4 nitrogen and oxygen atoms in total. The minimum Gasteiger partial charge on any atom is -0.668 e. The molecule has 0 aliphatic heterocycles. The molecule has 0 amide bonds. The van der Waals surface area contributed by atoms with E-state index in [1.807, 2.05) is 0 Å². The number of aliphatic hydroxyl groups is 2. The fourth-order valence-electron chi connectivity index (χ4n) is 5.80. The van der Waals surface area contributed by atoms with Gasteiger partial charge in [-0.15, -0.1) is 69.1 Å². The quantitative estimate of drug-likeness (QED) is 0.137. The molecule has 6 aromatic rings. The van der Waals surface area contributed by atoms with Gasteiger partial charge in [0.25, 0.3) is 0 Å². The van der Waals surface area contributed by atoms with Gasteiger partial charge in [-0.3, -0.25) is 0 Å². The van der Waals surface area contributed by atoms with E-state index in [0.29, 0.717) is 0 Å². The molecule has 57 heavy (non-hydrogen) atoms. The molecule has 0 heterocycles. The summed E-state index contributed by atoms with van der Waals surface area (Å²) in [5.41, 5.74) is 11.3. The van der Waals surface area contributed by atoms with Crippen molar-refractivity contribution in [2.45, 2.75) is 92.9 Å². The molecular formula is C51H71N2O2TiZr. The van der Waals surface area contributed by atoms with Gasteiger partial charge in [-0.1, -0.05) is 127 Å². The molecule has 6 heteroatoms. The van der Waals surface area contributed by atoms with Crippen LogP contribution in [0.25, 0.3) is 54.4 Å². The number of aliphatic hydroxyl groups excluding tert-OH is 2. The predicted octanol–water partition coefficient (Wildman–Crippen LogP) is 14.9. The third-order valence-corrected chi connectivity index (χ3v) is 8.56. The molecule has 0 atom stereocenters. The number of hydrogen-bond acceptors (Lipinski definition) is 2. The molecule has 2 N–H and O–H groups in total. The van der Waals surface area contributed by atoms with Crippen LogP contribution in [0.5, 0.6) is 0 Å². The first-order valence-electron chi connectivity index (χ1n) is 19.0. The molecule has 0 unspecified atom stereocenters. The molecule has 6 rings (SSSR count). The van der Waals surface area contributed by atoms with Crippen molar-refractivity contribution in [3.8, 4) is 22.3 Å². The molecular weight excluding hydrogens is 812 g/mol. The van der Waals surface area contributed by atoms with Crippen LogP contribution in [-0.2, 0) is 71.6 Å². The zero-order valence-electron chi connectivity index (χ0n) is 37.8. The SMILES string of the molecule is CCc1cc2c(-c3ccc(C(C)(C)C)cc3)cccc2[cH-]1.CCc1cc2c(-c3ccc(C(C)(C)C)cc3)cccc2[cH-]1.C[CH-]O.C[CH-]O.C[N-]C.C[N-]C.[CH3-].[Ti+4].[Zr+3]. The maximum atomic E-state index is 7.44. The Bertz CT molecular complexity index is 1730. The Morgan fingerprint density at radius 2 is 0.807 bits per heavy atom. The van der Waals surface area contributed by atoms with Gasteiger partial charge in [0.2, 0.25) is 0 Å². The molecule has 0 aliphatic rings. The number of benzene rings is 4. The Hall–Kier alpha value is -2.46. The van der Waals surface area contributed by atoms with Gasteiger partial charge in [0.1, 0.15) is 0 Å². The van der Waals surface area contributed by atoms with Crippen molar-refractivity contribution in [1.29, 1.82) is 0 Å². The number of fused-ring (bicyclic) bond motifs is 2. The molecule has 305 valence electrons. The first-order valence-corrected chi connectivity index (χ1v) is 19.0. The second-order valence-electron chi connectivity index (χ2n) is 15.1. The smallest absolute Gasteiger partial charge is 0.668 e. The van der Waals surface area contributed by atoms with Crippen molar-refractivity contribution in [1.82, 2.24) is 0 Å². The van der Waals surface area contributed by atoms with E-state index in [-0.39, 0.29) is 66.2 Å². The third kappa shape index (κ3) is 19.4. The van der Waals surface area contributed by atoms with E-state index in [9.17, 15) is 0 Å². The van der Waals surface area contributed by atoms with E-state index in [4.69, 9.17) is 10.2 Å². The van der Waals surface area contributed by atoms with Crippen LogP contribution >= 0.6 is 0 Å². The van der Waals surface area contributed by atoms with Gasteiger partial charge in [-0.2, -0.15) is 54.2 Å².